The van der Waals surface area contributed by atoms with Gasteiger partial charge >= 0.3 is 0 Å². The molecule has 5 nitrogen and oxygen atoms in total. The molecular weight excluding hydrogens is 383 g/mol. The first kappa shape index (κ1) is 18.5. The lowest BCUT2D eigenvalue weighted by Crippen LogP contribution is -2.36. The molecule has 3 rings (SSSR count). The summed E-state index contributed by atoms with van der Waals surface area (Å²) in [5, 5.41) is 0.458. The van der Waals surface area contributed by atoms with E-state index in [0.717, 1.165) is 37.6 Å². The normalized spacial score (nSPS) is 15.4. The Hall–Kier alpha value is -1.31. The second-order valence-corrected chi connectivity index (χ2v) is 8.24. The maximum atomic E-state index is 12.4. The number of rotatable bonds is 5. The van der Waals surface area contributed by atoms with E-state index in [0.29, 0.717) is 5.02 Å². The quantitative estimate of drug-likeness (QED) is 0.835. The highest BCUT2D eigenvalue weighted by Gasteiger charge is 2.18. The van der Waals surface area contributed by atoms with Crippen LogP contribution in [0.25, 0.3) is 0 Å². The molecule has 134 valence electrons. The zero-order valence-corrected chi connectivity index (χ0v) is 15.7. The van der Waals surface area contributed by atoms with Crippen LogP contribution in [-0.4, -0.2) is 34.7 Å². The van der Waals surface area contributed by atoms with E-state index in [2.05, 4.69) is 9.62 Å². The summed E-state index contributed by atoms with van der Waals surface area (Å²) in [5.41, 5.74) is 1.96. The number of ether oxygens (including phenoxy) is 1. The summed E-state index contributed by atoms with van der Waals surface area (Å²) in [6.07, 6.45) is 0. The van der Waals surface area contributed by atoms with Gasteiger partial charge in [0, 0.05) is 30.3 Å². The summed E-state index contributed by atoms with van der Waals surface area (Å²) in [7, 11) is -3.74. The number of benzene rings is 2. The van der Waals surface area contributed by atoms with Gasteiger partial charge in [0.15, 0.2) is 0 Å². The number of anilines is 1. The van der Waals surface area contributed by atoms with Crippen molar-refractivity contribution in [1.82, 2.24) is 4.72 Å². The van der Waals surface area contributed by atoms with Crippen molar-refractivity contribution in [3.05, 3.63) is 58.1 Å². The first-order valence-electron chi connectivity index (χ1n) is 7.82. The van der Waals surface area contributed by atoms with Crippen LogP contribution in [0.4, 0.5) is 5.69 Å². The Morgan fingerprint density at radius 2 is 1.72 bits per heavy atom. The molecular formula is C17H18Cl2N2O3S. The van der Waals surface area contributed by atoms with E-state index >= 15 is 0 Å². The fourth-order valence-corrected chi connectivity index (χ4v) is 4.36. The number of halogens is 2. The van der Waals surface area contributed by atoms with Crippen molar-refractivity contribution < 1.29 is 13.2 Å². The van der Waals surface area contributed by atoms with Gasteiger partial charge in [-0.15, -0.1) is 0 Å². The summed E-state index contributed by atoms with van der Waals surface area (Å²) in [5.74, 6) is 0. The molecule has 1 aliphatic heterocycles. The van der Waals surface area contributed by atoms with Crippen LogP contribution in [0.15, 0.2) is 47.4 Å². The van der Waals surface area contributed by atoms with Crippen molar-refractivity contribution in [2.45, 2.75) is 11.4 Å². The Morgan fingerprint density at radius 3 is 2.40 bits per heavy atom. The molecule has 1 N–H and O–H groups in total. The molecule has 1 fully saturated rings. The summed E-state index contributed by atoms with van der Waals surface area (Å²) in [6.45, 7) is 3.34. The molecule has 0 aliphatic carbocycles. The fraction of sp³-hybridized carbons (Fsp3) is 0.294. The third-order valence-electron chi connectivity index (χ3n) is 3.96. The lowest BCUT2D eigenvalue weighted by atomic mass is 10.2. The molecule has 0 spiro atoms. The standard InChI is InChI=1S/C17H18Cl2N2O3S/c18-14-3-6-16(19)17(11-14)25(22,23)20-12-13-1-4-15(5-2-13)21-7-9-24-10-8-21/h1-6,11,20H,7-10,12H2. The highest BCUT2D eigenvalue weighted by molar-refractivity contribution is 7.89. The number of morpholine rings is 1. The first-order valence-corrected chi connectivity index (χ1v) is 10.1. The van der Waals surface area contributed by atoms with Crippen LogP contribution in [0.5, 0.6) is 0 Å². The van der Waals surface area contributed by atoms with Gasteiger partial charge in [0.2, 0.25) is 10.0 Å². The predicted molar refractivity (Wildman–Crippen MR) is 100.0 cm³/mol. The average molecular weight is 401 g/mol. The van der Waals surface area contributed by atoms with Crippen molar-refractivity contribution in [1.29, 1.82) is 0 Å². The van der Waals surface area contributed by atoms with E-state index in [1.54, 1.807) is 6.07 Å². The molecule has 0 radical (unpaired) electrons. The van der Waals surface area contributed by atoms with Gasteiger partial charge < -0.3 is 9.64 Å². The lowest BCUT2D eigenvalue weighted by molar-refractivity contribution is 0.122. The van der Waals surface area contributed by atoms with Crippen molar-refractivity contribution in [3.63, 3.8) is 0 Å². The summed E-state index contributed by atoms with van der Waals surface area (Å²) in [6, 6.07) is 12.2. The average Bonchev–Trinajstić information content (AvgIpc) is 2.63. The summed E-state index contributed by atoms with van der Waals surface area (Å²) >= 11 is 11.8. The summed E-state index contributed by atoms with van der Waals surface area (Å²) in [4.78, 5) is 2.22. The number of nitrogens with one attached hydrogen (secondary N) is 1. The SMILES string of the molecule is O=S(=O)(NCc1ccc(N2CCOCC2)cc1)c1cc(Cl)ccc1Cl. The molecule has 0 atom stereocenters. The van der Waals surface area contributed by atoms with E-state index in [4.69, 9.17) is 27.9 Å². The van der Waals surface area contributed by atoms with Crippen LogP contribution in [-0.2, 0) is 21.3 Å². The molecule has 1 aliphatic rings. The van der Waals surface area contributed by atoms with Gasteiger partial charge in [-0.3, -0.25) is 0 Å². The Labute approximate surface area is 157 Å². The van der Waals surface area contributed by atoms with Crippen LogP contribution in [0, 0.1) is 0 Å². The van der Waals surface area contributed by atoms with E-state index in [1.165, 1.54) is 12.1 Å². The lowest BCUT2D eigenvalue weighted by Gasteiger charge is -2.28. The third kappa shape index (κ3) is 4.65. The highest BCUT2D eigenvalue weighted by Crippen LogP contribution is 2.25. The minimum absolute atomic E-state index is 0.0217. The number of hydrogen-bond donors (Lipinski definition) is 1. The molecule has 0 aromatic heterocycles. The molecule has 0 unspecified atom stereocenters. The van der Waals surface area contributed by atoms with E-state index in [-0.39, 0.29) is 16.5 Å². The van der Waals surface area contributed by atoms with E-state index < -0.39 is 10.0 Å². The number of nitrogens with zero attached hydrogens (tertiary/aromatic N) is 1. The van der Waals surface area contributed by atoms with Crippen molar-refractivity contribution >= 4 is 38.9 Å². The molecule has 0 amide bonds. The van der Waals surface area contributed by atoms with Gasteiger partial charge in [-0.2, -0.15) is 0 Å². The predicted octanol–water partition coefficient (Wildman–Crippen LogP) is 3.31. The zero-order chi connectivity index (χ0) is 17.9. The second kappa shape index (κ2) is 7.93. The molecule has 0 bridgehead atoms. The monoisotopic (exact) mass is 400 g/mol. The van der Waals surface area contributed by atoms with Crippen LogP contribution in [0.3, 0.4) is 0 Å². The largest absolute Gasteiger partial charge is 0.378 e. The van der Waals surface area contributed by atoms with Gasteiger partial charge in [-0.1, -0.05) is 35.3 Å². The minimum atomic E-state index is -3.74. The van der Waals surface area contributed by atoms with Crippen molar-refractivity contribution in [2.75, 3.05) is 31.2 Å². The van der Waals surface area contributed by atoms with E-state index in [1.807, 2.05) is 24.3 Å². The van der Waals surface area contributed by atoms with Gasteiger partial charge in [0.25, 0.3) is 0 Å². The topological polar surface area (TPSA) is 58.6 Å². The molecule has 0 saturated carbocycles. The second-order valence-electron chi connectivity index (χ2n) is 5.67. The molecule has 2 aromatic rings. The van der Waals surface area contributed by atoms with Crippen LogP contribution < -0.4 is 9.62 Å². The molecule has 1 saturated heterocycles. The molecule has 25 heavy (non-hydrogen) atoms. The maximum absolute atomic E-state index is 12.4. The Bertz CT molecular complexity index is 835. The smallest absolute Gasteiger partial charge is 0.242 e. The molecule has 1 heterocycles. The van der Waals surface area contributed by atoms with Gasteiger partial charge in [0.05, 0.1) is 18.2 Å². The van der Waals surface area contributed by atoms with Crippen molar-refractivity contribution in [2.24, 2.45) is 0 Å². The van der Waals surface area contributed by atoms with Crippen LogP contribution >= 0.6 is 23.2 Å². The van der Waals surface area contributed by atoms with Gasteiger partial charge in [-0.05, 0) is 35.9 Å². The van der Waals surface area contributed by atoms with Crippen molar-refractivity contribution in [3.8, 4) is 0 Å². The Balaban J connectivity index is 1.67. The highest BCUT2D eigenvalue weighted by atomic mass is 35.5. The van der Waals surface area contributed by atoms with Gasteiger partial charge in [-0.25, -0.2) is 13.1 Å². The van der Waals surface area contributed by atoms with Crippen LogP contribution in [0.2, 0.25) is 10.0 Å². The molecule has 2 aromatic carbocycles. The maximum Gasteiger partial charge on any atom is 0.242 e. The third-order valence-corrected chi connectivity index (χ3v) is 6.08. The van der Waals surface area contributed by atoms with E-state index in [9.17, 15) is 8.42 Å². The molecule has 8 heteroatoms. The van der Waals surface area contributed by atoms with Gasteiger partial charge in [0.1, 0.15) is 4.90 Å². The fourth-order valence-electron chi connectivity index (χ4n) is 2.59. The zero-order valence-electron chi connectivity index (χ0n) is 13.4. The Kier molecular flexibility index (Phi) is 5.86. The first-order chi connectivity index (χ1) is 12.0. The number of hydrogen-bond acceptors (Lipinski definition) is 4. The van der Waals surface area contributed by atoms with Crippen LogP contribution in [0.1, 0.15) is 5.56 Å². The summed E-state index contributed by atoms with van der Waals surface area (Å²) < 4.78 is 32.7. The minimum Gasteiger partial charge on any atom is -0.378 e. The number of sulfonamides is 1. The Morgan fingerprint density at radius 1 is 1.04 bits per heavy atom.